The quantitative estimate of drug-likeness (QED) is 0.778. The molecule has 7 heteroatoms. The van der Waals surface area contributed by atoms with Gasteiger partial charge in [-0.2, -0.15) is 5.10 Å². The third-order valence-corrected chi connectivity index (χ3v) is 4.01. The fourth-order valence-electron chi connectivity index (χ4n) is 2.71. The van der Waals surface area contributed by atoms with Crippen LogP contribution < -0.4 is 5.32 Å². The lowest BCUT2D eigenvalue weighted by Gasteiger charge is -2.14. The van der Waals surface area contributed by atoms with Crippen molar-refractivity contribution in [2.24, 2.45) is 5.92 Å². The fraction of sp³-hybridized carbons (Fsp3) is 0.412. The lowest BCUT2D eigenvalue weighted by molar-refractivity contribution is 0.0948. The average Bonchev–Trinajstić information content (AvgIpc) is 3.11. The number of hydrogen-bond donors (Lipinski definition) is 1. The van der Waals surface area contributed by atoms with Crippen LogP contribution in [-0.2, 0) is 6.54 Å². The fourth-order valence-corrected chi connectivity index (χ4v) is 2.71. The minimum atomic E-state index is -0.138. The first-order valence-corrected chi connectivity index (χ1v) is 7.96. The van der Waals surface area contributed by atoms with Gasteiger partial charge in [0.2, 0.25) is 0 Å². The van der Waals surface area contributed by atoms with Gasteiger partial charge in [-0.1, -0.05) is 12.1 Å². The Bertz CT molecular complexity index is 880. The van der Waals surface area contributed by atoms with Gasteiger partial charge in [0.15, 0.2) is 0 Å². The molecule has 1 amide bonds. The summed E-state index contributed by atoms with van der Waals surface area (Å²) < 4.78 is 7.12. The number of aryl methyl sites for hydroxylation is 3. The van der Waals surface area contributed by atoms with Gasteiger partial charge >= 0.3 is 0 Å². The molecule has 126 valence electrons. The zero-order valence-electron chi connectivity index (χ0n) is 14.3. The lowest BCUT2D eigenvalue weighted by atomic mass is 10.1. The van der Waals surface area contributed by atoms with Crippen LogP contribution in [0.1, 0.15) is 34.4 Å². The van der Waals surface area contributed by atoms with Crippen LogP contribution in [0.4, 0.5) is 0 Å². The van der Waals surface area contributed by atoms with E-state index in [1.54, 1.807) is 12.3 Å². The topological polar surface area (TPSA) is 85.8 Å². The smallest absolute Gasteiger partial charge is 0.258 e. The highest BCUT2D eigenvalue weighted by molar-refractivity contribution is 6.06. The van der Waals surface area contributed by atoms with Gasteiger partial charge in [0.05, 0.1) is 16.6 Å². The Morgan fingerprint density at radius 3 is 2.88 bits per heavy atom. The predicted octanol–water partition coefficient (Wildman–Crippen LogP) is 2.41. The molecule has 24 heavy (non-hydrogen) atoms. The molecular formula is C17H21N5O2. The number of nitrogens with zero attached hydrogens (tertiary/aromatic N) is 4. The van der Waals surface area contributed by atoms with Crippen molar-refractivity contribution >= 4 is 17.0 Å². The second-order valence-electron chi connectivity index (χ2n) is 6.23. The molecule has 3 aromatic heterocycles. The zero-order valence-corrected chi connectivity index (χ0v) is 14.3. The van der Waals surface area contributed by atoms with Crippen LogP contribution in [-0.4, -0.2) is 32.4 Å². The summed E-state index contributed by atoms with van der Waals surface area (Å²) in [4.78, 5) is 16.9. The van der Waals surface area contributed by atoms with Crippen LogP contribution >= 0.6 is 0 Å². The van der Waals surface area contributed by atoms with E-state index in [0.717, 1.165) is 17.9 Å². The summed E-state index contributed by atoms with van der Waals surface area (Å²) in [6, 6.07) is 3.74. The maximum atomic E-state index is 12.6. The van der Waals surface area contributed by atoms with E-state index < -0.39 is 0 Å². The molecule has 7 nitrogen and oxygen atoms in total. The number of fused-ring (bicyclic) bond motifs is 1. The average molecular weight is 327 g/mol. The summed E-state index contributed by atoms with van der Waals surface area (Å²) in [5.41, 5.74) is 3.46. The summed E-state index contributed by atoms with van der Waals surface area (Å²) in [6.45, 7) is 9.06. The van der Waals surface area contributed by atoms with Gasteiger partial charge in [-0.25, -0.2) is 4.98 Å². The van der Waals surface area contributed by atoms with Gasteiger partial charge in [0.25, 0.3) is 11.6 Å². The Kier molecular flexibility index (Phi) is 4.33. The van der Waals surface area contributed by atoms with Gasteiger partial charge < -0.3 is 9.84 Å². The van der Waals surface area contributed by atoms with Crippen molar-refractivity contribution in [2.45, 2.75) is 34.2 Å². The summed E-state index contributed by atoms with van der Waals surface area (Å²) >= 11 is 0. The van der Waals surface area contributed by atoms with Gasteiger partial charge in [-0.3, -0.25) is 9.48 Å². The summed E-state index contributed by atoms with van der Waals surface area (Å²) in [7, 11) is 0. The third-order valence-electron chi connectivity index (χ3n) is 4.01. The van der Waals surface area contributed by atoms with Crippen LogP contribution in [0.15, 0.2) is 22.9 Å². The van der Waals surface area contributed by atoms with Crippen molar-refractivity contribution in [3.8, 4) is 0 Å². The Balaban J connectivity index is 1.71. The molecule has 3 rings (SSSR count). The van der Waals surface area contributed by atoms with Crippen molar-refractivity contribution in [3.05, 3.63) is 41.0 Å². The van der Waals surface area contributed by atoms with E-state index in [1.165, 1.54) is 0 Å². The van der Waals surface area contributed by atoms with E-state index >= 15 is 0 Å². The van der Waals surface area contributed by atoms with Crippen molar-refractivity contribution in [2.75, 3.05) is 6.54 Å². The molecule has 0 aliphatic heterocycles. The number of amides is 1. The van der Waals surface area contributed by atoms with Crippen LogP contribution in [0.5, 0.6) is 0 Å². The Morgan fingerprint density at radius 1 is 1.38 bits per heavy atom. The van der Waals surface area contributed by atoms with E-state index in [0.29, 0.717) is 28.9 Å². The number of aromatic nitrogens is 4. The van der Waals surface area contributed by atoms with E-state index in [4.69, 9.17) is 4.52 Å². The second-order valence-corrected chi connectivity index (χ2v) is 6.23. The van der Waals surface area contributed by atoms with Crippen molar-refractivity contribution < 1.29 is 9.32 Å². The lowest BCUT2D eigenvalue weighted by Crippen LogP contribution is -2.30. The van der Waals surface area contributed by atoms with Gasteiger partial charge in [-0.15, -0.1) is 0 Å². The number of pyridine rings is 1. The first kappa shape index (κ1) is 16.2. The normalized spacial score (nSPS) is 12.5. The largest absolute Gasteiger partial charge is 0.352 e. The van der Waals surface area contributed by atoms with Gasteiger partial charge in [0, 0.05) is 30.7 Å². The highest BCUT2D eigenvalue weighted by atomic mass is 16.5. The van der Waals surface area contributed by atoms with Crippen LogP contribution in [0.2, 0.25) is 0 Å². The van der Waals surface area contributed by atoms with Crippen LogP contribution in [0.3, 0.4) is 0 Å². The van der Waals surface area contributed by atoms with Crippen LogP contribution in [0.25, 0.3) is 11.1 Å². The monoisotopic (exact) mass is 327 g/mol. The maximum absolute atomic E-state index is 12.6. The maximum Gasteiger partial charge on any atom is 0.258 e. The molecule has 0 radical (unpaired) electrons. The van der Waals surface area contributed by atoms with Crippen LogP contribution in [0, 0.1) is 26.7 Å². The molecule has 3 aromatic rings. The molecule has 1 N–H and O–H groups in total. The molecule has 0 aromatic carbocycles. The SMILES string of the molecule is Cc1cc(C(=O)NCC(C)Cn2nccc2C)c2c(C)noc2n1. The number of carbonyl (C=O) groups excluding carboxylic acids is 1. The van der Waals surface area contributed by atoms with E-state index in [2.05, 4.69) is 27.5 Å². The van der Waals surface area contributed by atoms with E-state index in [9.17, 15) is 4.79 Å². The molecule has 0 bridgehead atoms. The Morgan fingerprint density at radius 2 is 2.17 bits per heavy atom. The van der Waals surface area contributed by atoms with Gasteiger partial charge in [-0.05, 0) is 38.8 Å². The first-order chi connectivity index (χ1) is 11.5. The number of carbonyl (C=O) groups is 1. The zero-order chi connectivity index (χ0) is 17.3. The standard InChI is InChI=1S/C17H21N5O2/c1-10(9-22-12(3)5-6-19-22)8-18-16(23)14-7-11(2)20-17-15(14)13(4)21-24-17/h5-7,10H,8-9H2,1-4H3,(H,18,23). The molecule has 0 saturated carbocycles. The highest BCUT2D eigenvalue weighted by Gasteiger charge is 2.18. The molecule has 1 atom stereocenters. The Labute approximate surface area is 140 Å². The second kappa shape index (κ2) is 6.43. The predicted molar refractivity (Wildman–Crippen MR) is 89.7 cm³/mol. The molecule has 0 fully saturated rings. The molecule has 1 unspecified atom stereocenters. The minimum absolute atomic E-state index is 0.138. The highest BCUT2D eigenvalue weighted by Crippen LogP contribution is 2.21. The number of hydrogen-bond acceptors (Lipinski definition) is 5. The molecule has 0 aliphatic carbocycles. The molecular weight excluding hydrogens is 306 g/mol. The molecule has 0 saturated heterocycles. The van der Waals surface area contributed by atoms with Gasteiger partial charge in [0.1, 0.15) is 0 Å². The Hall–Kier alpha value is -2.70. The minimum Gasteiger partial charge on any atom is -0.352 e. The van der Waals surface area contributed by atoms with Crippen molar-refractivity contribution in [3.63, 3.8) is 0 Å². The first-order valence-electron chi connectivity index (χ1n) is 7.96. The molecule has 3 heterocycles. The molecule has 0 aliphatic rings. The summed E-state index contributed by atoms with van der Waals surface area (Å²) in [5.74, 6) is 0.121. The number of rotatable bonds is 5. The third kappa shape index (κ3) is 3.15. The van der Waals surface area contributed by atoms with E-state index in [1.807, 2.05) is 31.5 Å². The van der Waals surface area contributed by atoms with Crippen molar-refractivity contribution in [1.82, 2.24) is 25.2 Å². The molecule has 0 spiro atoms. The summed E-state index contributed by atoms with van der Waals surface area (Å²) in [6.07, 6.45) is 1.78. The summed E-state index contributed by atoms with van der Waals surface area (Å²) in [5, 5.41) is 11.8. The number of nitrogens with one attached hydrogen (secondary N) is 1. The van der Waals surface area contributed by atoms with E-state index in [-0.39, 0.29) is 11.8 Å². The van der Waals surface area contributed by atoms with Crippen molar-refractivity contribution in [1.29, 1.82) is 0 Å².